The highest BCUT2D eigenvalue weighted by molar-refractivity contribution is 7.10. The number of ether oxygens (including phenoxy) is 1. The molecule has 1 atom stereocenters. The van der Waals surface area contributed by atoms with Gasteiger partial charge in [0.25, 0.3) is 0 Å². The molecule has 0 aliphatic heterocycles. The van der Waals surface area contributed by atoms with Crippen LogP contribution in [0.2, 0.25) is 5.28 Å². The fourth-order valence-electron chi connectivity index (χ4n) is 2.41. The van der Waals surface area contributed by atoms with E-state index in [1.165, 1.54) is 18.4 Å². The van der Waals surface area contributed by atoms with E-state index in [0.29, 0.717) is 6.42 Å². The van der Waals surface area contributed by atoms with Crippen molar-refractivity contribution in [1.82, 2.24) is 9.97 Å². The summed E-state index contributed by atoms with van der Waals surface area (Å²) < 4.78 is 4.86. The molecule has 2 rings (SSSR count). The van der Waals surface area contributed by atoms with Gasteiger partial charge in [-0.2, -0.15) is 4.98 Å². The van der Waals surface area contributed by atoms with Crippen molar-refractivity contribution in [1.29, 1.82) is 0 Å². The Bertz CT molecular complexity index is 783. The third-order valence-electron chi connectivity index (χ3n) is 3.54. The maximum Gasteiger partial charge on any atom is 0.329 e. The molecule has 2 aromatic heterocycles. The van der Waals surface area contributed by atoms with Crippen molar-refractivity contribution in [3.63, 3.8) is 0 Å². The standard InChI is InChI=1S/C15H17ClN4O4S/c1-4-11(14(21)24-3)19(7-10-5-9(2)8-25-10)13-12(20(22)23)6-17-15(16)18-13/h5-6,8,11H,4,7H2,1-3H3/t11-/m1/s1. The van der Waals surface area contributed by atoms with Gasteiger partial charge in [-0.25, -0.2) is 9.78 Å². The molecule has 0 amide bonds. The van der Waals surface area contributed by atoms with E-state index in [1.54, 1.807) is 11.8 Å². The lowest BCUT2D eigenvalue weighted by Crippen LogP contribution is -2.42. The number of rotatable bonds is 7. The number of carbonyl (C=O) groups is 1. The van der Waals surface area contributed by atoms with Gasteiger partial charge in [-0.3, -0.25) is 10.1 Å². The molecule has 2 aromatic rings. The number of esters is 1. The van der Waals surface area contributed by atoms with Crippen LogP contribution in [0.15, 0.2) is 17.6 Å². The van der Waals surface area contributed by atoms with Gasteiger partial charge in [-0.1, -0.05) is 6.92 Å². The van der Waals surface area contributed by atoms with Gasteiger partial charge in [0, 0.05) is 4.88 Å². The zero-order chi connectivity index (χ0) is 18.6. The van der Waals surface area contributed by atoms with Crippen molar-refractivity contribution in [3.8, 4) is 0 Å². The van der Waals surface area contributed by atoms with Crippen molar-refractivity contribution in [2.45, 2.75) is 32.9 Å². The zero-order valence-corrected chi connectivity index (χ0v) is 15.5. The van der Waals surface area contributed by atoms with Crippen LogP contribution in [0.25, 0.3) is 0 Å². The maximum absolute atomic E-state index is 12.2. The Labute approximate surface area is 153 Å². The van der Waals surface area contributed by atoms with E-state index in [2.05, 4.69) is 9.97 Å². The maximum atomic E-state index is 12.2. The normalized spacial score (nSPS) is 11.8. The van der Waals surface area contributed by atoms with E-state index in [-0.39, 0.29) is 23.3 Å². The predicted molar refractivity (Wildman–Crippen MR) is 95.0 cm³/mol. The average Bonchev–Trinajstić information content (AvgIpc) is 2.99. The smallest absolute Gasteiger partial charge is 0.329 e. The summed E-state index contributed by atoms with van der Waals surface area (Å²) in [5, 5.41) is 13.2. The highest BCUT2D eigenvalue weighted by Crippen LogP contribution is 2.31. The van der Waals surface area contributed by atoms with E-state index < -0.39 is 16.9 Å². The number of nitrogens with zero attached hydrogens (tertiary/aromatic N) is 4. The van der Waals surface area contributed by atoms with E-state index in [0.717, 1.165) is 16.6 Å². The summed E-state index contributed by atoms with van der Waals surface area (Å²) in [7, 11) is 1.28. The van der Waals surface area contributed by atoms with Crippen LogP contribution < -0.4 is 4.90 Å². The van der Waals surface area contributed by atoms with E-state index in [1.807, 2.05) is 18.4 Å². The zero-order valence-electron chi connectivity index (χ0n) is 13.9. The second-order valence-electron chi connectivity index (χ2n) is 5.27. The van der Waals surface area contributed by atoms with E-state index >= 15 is 0 Å². The fourth-order valence-corrected chi connectivity index (χ4v) is 3.41. The number of hydrogen-bond acceptors (Lipinski definition) is 8. The monoisotopic (exact) mass is 384 g/mol. The van der Waals surface area contributed by atoms with E-state index in [4.69, 9.17) is 16.3 Å². The minimum absolute atomic E-state index is 0.00620. The summed E-state index contributed by atoms with van der Waals surface area (Å²) >= 11 is 7.35. The quantitative estimate of drug-likeness (QED) is 0.312. The minimum atomic E-state index is -0.739. The van der Waals surface area contributed by atoms with Gasteiger partial charge in [0.15, 0.2) is 0 Å². The molecule has 0 fully saturated rings. The molecular formula is C15H17ClN4O4S. The SMILES string of the molecule is CC[C@H](C(=O)OC)N(Cc1cc(C)cs1)c1nc(Cl)ncc1[N+](=O)[O-]. The van der Waals surface area contributed by atoms with Crippen molar-refractivity contribution in [3.05, 3.63) is 43.5 Å². The van der Waals surface area contributed by atoms with Crippen molar-refractivity contribution in [2.75, 3.05) is 12.0 Å². The molecule has 0 spiro atoms. The fraction of sp³-hybridized carbons (Fsp3) is 0.400. The first-order valence-corrected chi connectivity index (χ1v) is 8.68. The van der Waals surface area contributed by atoms with Crippen molar-refractivity contribution >= 4 is 40.4 Å². The van der Waals surface area contributed by atoms with Gasteiger partial charge < -0.3 is 9.64 Å². The number of hydrogen-bond donors (Lipinski definition) is 0. The molecule has 25 heavy (non-hydrogen) atoms. The third kappa shape index (κ3) is 4.43. The first-order valence-electron chi connectivity index (χ1n) is 7.42. The molecule has 0 radical (unpaired) electrons. The lowest BCUT2D eigenvalue weighted by atomic mass is 10.1. The van der Waals surface area contributed by atoms with Crippen LogP contribution >= 0.6 is 22.9 Å². The molecule has 0 aliphatic carbocycles. The number of nitro groups is 1. The number of aromatic nitrogens is 2. The summed E-state index contributed by atoms with van der Waals surface area (Å²) in [6.07, 6.45) is 1.43. The Morgan fingerprint density at radius 1 is 1.56 bits per heavy atom. The van der Waals surface area contributed by atoms with Gasteiger partial charge >= 0.3 is 11.7 Å². The first kappa shape index (κ1) is 19.1. The highest BCUT2D eigenvalue weighted by atomic mass is 35.5. The predicted octanol–water partition coefficient (Wildman–Crippen LogP) is 3.37. The second-order valence-corrected chi connectivity index (χ2v) is 6.60. The van der Waals surface area contributed by atoms with Crippen LogP contribution in [0.1, 0.15) is 23.8 Å². The van der Waals surface area contributed by atoms with Gasteiger partial charge in [0.1, 0.15) is 12.2 Å². The molecule has 2 heterocycles. The Kier molecular flexibility index (Phi) is 6.27. The molecule has 10 heteroatoms. The molecule has 0 N–H and O–H groups in total. The molecule has 0 aromatic carbocycles. The molecule has 0 aliphatic rings. The Balaban J connectivity index is 2.55. The molecule has 0 saturated carbocycles. The van der Waals surface area contributed by atoms with E-state index in [9.17, 15) is 14.9 Å². The Hall–Kier alpha value is -2.26. The summed E-state index contributed by atoms with van der Waals surface area (Å²) in [4.78, 5) is 33.2. The van der Waals surface area contributed by atoms with Gasteiger partial charge in [-0.05, 0) is 42.0 Å². The van der Waals surface area contributed by atoms with Crippen LogP contribution in [-0.4, -0.2) is 34.0 Å². The number of methoxy groups -OCH3 is 1. The number of carbonyl (C=O) groups excluding carboxylic acids is 1. The van der Waals surface area contributed by atoms with Crippen LogP contribution in [0.3, 0.4) is 0 Å². The minimum Gasteiger partial charge on any atom is -0.467 e. The van der Waals surface area contributed by atoms with Crippen molar-refractivity contribution in [2.24, 2.45) is 0 Å². The van der Waals surface area contributed by atoms with Crippen LogP contribution in [-0.2, 0) is 16.1 Å². The van der Waals surface area contributed by atoms with Crippen LogP contribution in [0.4, 0.5) is 11.5 Å². The second kappa shape index (κ2) is 8.21. The Morgan fingerprint density at radius 3 is 2.80 bits per heavy atom. The van der Waals surface area contributed by atoms with Crippen LogP contribution in [0.5, 0.6) is 0 Å². The lowest BCUT2D eigenvalue weighted by molar-refractivity contribution is -0.384. The van der Waals surface area contributed by atoms with Gasteiger partial charge in [0.05, 0.1) is 18.6 Å². The Morgan fingerprint density at radius 2 is 2.28 bits per heavy atom. The number of halogens is 1. The molecule has 134 valence electrons. The van der Waals surface area contributed by atoms with Gasteiger partial charge in [0.2, 0.25) is 11.1 Å². The average molecular weight is 385 g/mol. The summed E-state index contributed by atoms with van der Waals surface area (Å²) in [5.41, 5.74) is 0.751. The lowest BCUT2D eigenvalue weighted by Gasteiger charge is -2.29. The number of anilines is 1. The van der Waals surface area contributed by atoms with Crippen molar-refractivity contribution < 1.29 is 14.5 Å². The summed E-state index contributed by atoms with van der Waals surface area (Å²) in [5.74, 6) is -0.506. The largest absolute Gasteiger partial charge is 0.467 e. The molecule has 0 saturated heterocycles. The summed E-state index contributed by atoms with van der Waals surface area (Å²) in [6, 6.07) is 1.22. The number of thiophene rings is 1. The topological polar surface area (TPSA) is 98.5 Å². The highest BCUT2D eigenvalue weighted by Gasteiger charge is 2.32. The third-order valence-corrected chi connectivity index (χ3v) is 4.76. The molecular weight excluding hydrogens is 368 g/mol. The molecule has 0 bridgehead atoms. The molecule has 0 unspecified atom stereocenters. The molecule has 8 nitrogen and oxygen atoms in total. The van der Waals surface area contributed by atoms with Crippen LogP contribution in [0, 0.1) is 17.0 Å². The number of aryl methyl sites for hydroxylation is 1. The summed E-state index contributed by atoms with van der Waals surface area (Å²) in [6.45, 7) is 4.01. The first-order chi connectivity index (χ1) is 11.9. The van der Waals surface area contributed by atoms with Gasteiger partial charge in [-0.15, -0.1) is 11.3 Å².